The van der Waals surface area contributed by atoms with Crippen LogP contribution >= 0.6 is 49.2 Å². The van der Waals surface area contributed by atoms with E-state index in [-0.39, 0.29) is 41.0 Å². The van der Waals surface area contributed by atoms with Crippen molar-refractivity contribution in [1.82, 2.24) is 21.3 Å². The molecule has 0 radical (unpaired) electrons. The zero-order chi connectivity index (χ0) is 18.3. The molecule has 0 aromatic heterocycles. The first-order valence-electron chi connectivity index (χ1n) is 7.22. The molecule has 12 heteroatoms. The average molecular weight is 441 g/mol. The van der Waals surface area contributed by atoms with Gasteiger partial charge in [0, 0.05) is 13.1 Å². The van der Waals surface area contributed by atoms with Crippen molar-refractivity contribution in [2.75, 3.05) is 0 Å². The molecule has 0 aliphatic rings. The van der Waals surface area contributed by atoms with E-state index in [0.717, 1.165) is 22.3 Å². The molecule has 0 aliphatic carbocycles. The zero-order valence-corrected chi connectivity index (χ0v) is 17.8. The molecule has 8 nitrogen and oxygen atoms in total. The van der Waals surface area contributed by atoms with E-state index < -0.39 is 6.29 Å². The van der Waals surface area contributed by atoms with E-state index in [1.54, 1.807) is 0 Å². The van der Waals surface area contributed by atoms with Crippen LogP contribution in [0, 0.1) is 19.3 Å². The van der Waals surface area contributed by atoms with Gasteiger partial charge in [0.1, 0.15) is 6.29 Å². The summed E-state index contributed by atoms with van der Waals surface area (Å²) < 4.78 is 0. The number of halogens is 2. The van der Waals surface area contributed by atoms with Crippen molar-refractivity contribution in [3.8, 4) is 0 Å². The number of benzene rings is 1. The summed E-state index contributed by atoms with van der Waals surface area (Å²) in [5.41, 5.74) is 20.9. The Morgan fingerprint density at radius 2 is 1.54 bits per heavy atom. The second-order valence-corrected chi connectivity index (χ2v) is 6.17. The molecule has 0 aliphatic heterocycles. The molecule has 148 valence electrons. The highest BCUT2D eigenvalue weighted by atomic mass is 35.5. The highest BCUT2D eigenvalue weighted by Gasteiger charge is 2.08. The fourth-order valence-electron chi connectivity index (χ4n) is 2.09. The summed E-state index contributed by atoms with van der Waals surface area (Å²) in [5.74, 6) is 0.0695. The van der Waals surface area contributed by atoms with Crippen LogP contribution in [0.3, 0.4) is 0 Å². The Morgan fingerprint density at radius 1 is 1.04 bits per heavy atom. The van der Waals surface area contributed by atoms with Gasteiger partial charge in [-0.3, -0.25) is 16.5 Å². The van der Waals surface area contributed by atoms with E-state index in [9.17, 15) is 0 Å². The molecule has 1 unspecified atom stereocenters. The monoisotopic (exact) mass is 440 g/mol. The maximum Gasteiger partial charge on any atom is 0.194 e. The largest absolute Gasteiger partial charge is 0.376 e. The van der Waals surface area contributed by atoms with Crippen molar-refractivity contribution in [3.63, 3.8) is 0 Å². The molecule has 1 aromatic rings. The standard InChI is InChI=1S/C14H24N8S2.2ClH/c1-7-3-10(6-20-12(16)22-14(18)24)8(2)4-9(7)5-19-11(15)21-13(17)23;;/h3-4,11,19H,5-6,15H2,1-2H3,(H3,17,21,23)(H5,16,18,20,22,24);2*1H. The molecule has 1 atom stereocenters. The summed E-state index contributed by atoms with van der Waals surface area (Å²) in [4.78, 5) is 0. The fourth-order valence-corrected chi connectivity index (χ4v) is 2.32. The summed E-state index contributed by atoms with van der Waals surface area (Å²) >= 11 is 9.43. The number of guanidine groups is 1. The second-order valence-electron chi connectivity index (χ2n) is 5.29. The fraction of sp³-hybridized carbons (Fsp3) is 0.357. The third kappa shape index (κ3) is 9.90. The normalized spacial score (nSPS) is 10.6. The SMILES string of the molecule is Cc1cc(CNC(N)NC(N)=S)c(C)cc1CNC(=N)NC(N)=S.Cl.Cl. The first-order valence-corrected chi connectivity index (χ1v) is 8.03. The van der Waals surface area contributed by atoms with E-state index in [1.165, 1.54) is 0 Å². The van der Waals surface area contributed by atoms with Crippen LogP contribution in [0.25, 0.3) is 0 Å². The maximum atomic E-state index is 7.66. The maximum absolute atomic E-state index is 7.66. The molecule has 0 amide bonds. The van der Waals surface area contributed by atoms with Crippen molar-refractivity contribution >= 4 is 65.4 Å². The predicted molar refractivity (Wildman–Crippen MR) is 120 cm³/mol. The van der Waals surface area contributed by atoms with Gasteiger partial charge in [0.25, 0.3) is 0 Å². The molecule has 0 heterocycles. The van der Waals surface area contributed by atoms with Gasteiger partial charge in [-0.2, -0.15) is 0 Å². The molecule has 0 saturated heterocycles. The molecular weight excluding hydrogens is 415 g/mol. The number of thiocarbonyl (C=S) groups is 2. The van der Waals surface area contributed by atoms with Crippen molar-refractivity contribution in [2.24, 2.45) is 17.2 Å². The first-order chi connectivity index (χ1) is 11.2. The second kappa shape index (κ2) is 12.8. The average Bonchev–Trinajstić information content (AvgIpc) is 2.44. The van der Waals surface area contributed by atoms with Crippen LogP contribution in [0.1, 0.15) is 22.3 Å². The molecule has 0 saturated carbocycles. The van der Waals surface area contributed by atoms with Crippen LogP contribution < -0.4 is 38.5 Å². The lowest BCUT2D eigenvalue weighted by atomic mass is 10.00. The van der Waals surface area contributed by atoms with Crippen LogP contribution in [0.2, 0.25) is 0 Å². The van der Waals surface area contributed by atoms with Gasteiger partial charge < -0.3 is 27.4 Å². The van der Waals surface area contributed by atoms with Gasteiger partial charge in [0.2, 0.25) is 0 Å². The Bertz CT molecular complexity index is 642. The van der Waals surface area contributed by atoms with Gasteiger partial charge in [-0.25, -0.2) is 0 Å². The quantitative estimate of drug-likeness (QED) is 0.134. The lowest BCUT2D eigenvalue weighted by molar-refractivity contribution is 0.499. The number of hydrogen-bond acceptors (Lipinski definition) is 5. The van der Waals surface area contributed by atoms with E-state index in [1.807, 2.05) is 13.8 Å². The molecule has 0 bridgehead atoms. The topological polar surface area (TPSA) is 150 Å². The highest BCUT2D eigenvalue weighted by Crippen LogP contribution is 2.16. The lowest BCUT2D eigenvalue weighted by Gasteiger charge is -2.18. The summed E-state index contributed by atoms with van der Waals surface area (Å²) in [6.07, 6.45) is -0.504. The summed E-state index contributed by atoms with van der Waals surface area (Å²) in [7, 11) is 0. The Balaban J connectivity index is 0. The minimum Gasteiger partial charge on any atom is -0.376 e. The molecule has 26 heavy (non-hydrogen) atoms. The van der Waals surface area contributed by atoms with E-state index in [4.69, 9.17) is 47.0 Å². The minimum absolute atomic E-state index is 0. The Labute approximate surface area is 176 Å². The van der Waals surface area contributed by atoms with Gasteiger partial charge in [-0.1, -0.05) is 12.1 Å². The highest BCUT2D eigenvalue weighted by molar-refractivity contribution is 7.80. The van der Waals surface area contributed by atoms with Gasteiger partial charge in [0.05, 0.1) is 0 Å². The number of rotatable bonds is 6. The van der Waals surface area contributed by atoms with E-state index in [0.29, 0.717) is 13.1 Å². The van der Waals surface area contributed by atoms with Gasteiger partial charge in [-0.05, 0) is 60.5 Å². The summed E-state index contributed by atoms with van der Waals surface area (Å²) in [5, 5.41) is 19.2. The zero-order valence-electron chi connectivity index (χ0n) is 14.5. The van der Waals surface area contributed by atoms with Crippen LogP contribution in [0.5, 0.6) is 0 Å². The molecule has 0 spiro atoms. The summed E-state index contributed by atoms with van der Waals surface area (Å²) in [6.45, 7) is 5.11. The predicted octanol–water partition coefficient (Wildman–Crippen LogP) is 0.170. The van der Waals surface area contributed by atoms with E-state index in [2.05, 4.69) is 33.4 Å². The Hall–Kier alpha value is -1.43. The van der Waals surface area contributed by atoms with Crippen LogP contribution in [-0.4, -0.2) is 22.5 Å². The number of hydrogen-bond donors (Lipinski definition) is 8. The lowest BCUT2D eigenvalue weighted by Crippen LogP contribution is -2.53. The van der Waals surface area contributed by atoms with Crippen molar-refractivity contribution < 1.29 is 0 Å². The number of aryl methyl sites for hydroxylation is 2. The first kappa shape index (κ1) is 26.8. The Morgan fingerprint density at radius 3 is 2.00 bits per heavy atom. The third-order valence-corrected chi connectivity index (χ3v) is 3.53. The number of nitrogens with two attached hydrogens (primary N) is 3. The van der Waals surface area contributed by atoms with Crippen LogP contribution in [0.15, 0.2) is 12.1 Å². The van der Waals surface area contributed by atoms with Crippen LogP contribution in [-0.2, 0) is 13.1 Å². The molecular formula is C14H26Cl2N8S2. The minimum atomic E-state index is -0.504. The van der Waals surface area contributed by atoms with Gasteiger partial charge >= 0.3 is 0 Å². The third-order valence-electron chi connectivity index (χ3n) is 3.31. The Kier molecular flexibility index (Phi) is 13.2. The molecule has 0 fully saturated rings. The summed E-state index contributed by atoms with van der Waals surface area (Å²) in [6, 6.07) is 4.15. The van der Waals surface area contributed by atoms with Crippen molar-refractivity contribution in [1.29, 1.82) is 5.41 Å². The van der Waals surface area contributed by atoms with Gasteiger partial charge in [-0.15, -0.1) is 24.8 Å². The van der Waals surface area contributed by atoms with Gasteiger partial charge in [0.15, 0.2) is 16.2 Å². The van der Waals surface area contributed by atoms with Crippen LogP contribution in [0.4, 0.5) is 0 Å². The molecule has 1 aromatic carbocycles. The molecule has 1 rings (SSSR count). The van der Waals surface area contributed by atoms with Crippen molar-refractivity contribution in [2.45, 2.75) is 33.2 Å². The molecule has 11 N–H and O–H groups in total. The van der Waals surface area contributed by atoms with Crippen molar-refractivity contribution in [3.05, 3.63) is 34.4 Å². The smallest absolute Gasteiger partial charge is 0.194 e. The van der Waals surface area contributed by atoms with E-state index >= 15 is 0 Å². The number of nitrogens with one attached hydrogen (secondary N) is 5.